The van der Waals surface area contributed by atoms with E-state index in [9.17, 15) is 9.59 Å². The first-order valence-corrected chi connectivity index (χ1v) is 8.25. The van der Waals surface area contributed by atoms with Gasteiger partial charge < -0.3 is 15.2 Å². The average Bonchev–Trinajstić information content (AvgIpc) is 2.95. The van der Waals surface area contributed by atoms with E-state index in [2.05, 4.69) is 16.6 Å². The van der Waals surface area contributed by atoms with Gasteiger partial charge in [0.25, 0.3) is 5.91 Å². The predicted molar refractivity (Wildman–Crippen MR) is 103 cm³/mol. The molecule has 0 bridgehead atoms. The number of hydrogen-bond acceptors (Lipinski definition) is 2. The van der Waals surface area contributed by atoms with Crippen molar-refractivity contribution in [3.8, 4) is 12.3 Å². The molecule has 0 unspecified atom stereocenters. The maximum atomic E-state index is 12.6. The molecule has 0 aliphatic rings. The van der Waals surface area contributed by atoms with Crippen LogP contribution in [-0.2, 0) is 11.3 Å². The van der Waals surface area contributed by atoms with E-state index in [0.29, 0.717) is 11.3 Å². The Labute approximate surface area is 152 Å². The number of aromatic nitrogens is 1. The van der Waals surface area contributed by atoms with Gasteiger partial charge in [-0.05, 0) is 36.6 Å². The number of carbonyl (C=O) groups excluding carboxylic acids is 2. The Hall–Kier alpha value is -3.52. The number of hydrogen-bond donors (Lipinski definition) is 2. The van der Waals surface area contributed by atoms with E-state index in [1.165, 1.54) is 0 Å². The van der Waals surface area contributed by atoms with Crippen LogP contribution in [0.2, 0.25) is 0 Å². The molecule has 2 amide bonds. The zero-order chi connectivity index (χ0) is 18.5. The second-order valence-corrected chi connectivity index (χ2v) is 5.91. The first-order chi connectivity index (χ1) is 12.6. The second kappa shape index (κ2) is 7.58. The van der Waals surface area contributed by atoms with Gasteiger partial charge >= 0.3 is 0 Å². The SMILES string of the molecule is C#CCNC(=O)c1ccccc1NC(=O)Cn1c(C)cc2ccccc21. The van der Waals surface area contributed by atoms with Crippen LogP contribution in [-0.4, -0.2) is 22.9 Å². The minimum Gasteiger partial charge on any atom is -0.341 e. The maximum Gasteiger partial charge on any atom is 0.254 e. The summed E-state index contributed by atoms with van der Waals surface area (Å²) in [6.07, 6.45) is 5.17. The summed E-state index contributed by atoms with van der Waals surface area (Å²) in [7, 11) is 0. The average molecular weight is 345 g/mol. The van der Waals surface area contributed by atoms with E-state index < -0.39 is 0 Å². The molecule has 130 valence electrons. The Morgan fingerprint density at radius 3 is 2.65 bits per heavy atom. The summed E-state index contributed by atoms with van der Waals surface area (Å²) in [6.45, 7) is 2.27. The van der Waals surface area contributed by atoms with Crippen LogP contribution < -0.4 is 10.6 Å². The van der Waals surface area contributed by atoms with Crippen LogP contribution in [0.5, 0.6) is 0 Å². The third-order valence-corrected chi connectivity index (χ3v) is 4.12. The molecular weight excluding hydrogens is 326 g/mol. The lowest BCUT2D eigenvalue weighted by Crippen LogP contribution is -2.26. The molecule has 26 heavy (non-hydrogen) atoms. The van der Waals surface area contributed by atoms with Crippen LogP contribution in [0.15, 0.2) is 54.6 Å². The summed E-state index contributed by atoms with van der Waals surface area (Å²) >= 11 is 0. The smallest absolute Gasteiger partial charge is 0.254 e. The number of para-hydroxylation sites is 2. The van der Waals surface area contributed by atoms with Crippen molar-refractivity contribution in [2.24, 2.45) is 0 Å². The van der Waals surface area contributed by atoms with Crippen LogP contribution in [0.1, 0.15) is 16.1 Å². The van der Waals surface area contributed by atoms with Gasteiger partial charge in [0.05, 0.1) is 17.8 Å². The molecule has 0 aliphatic heterocycles. The highest BCUT2D eigenvalue weighted by Gasteiger charge is 2.14. The van der Waals surface area contributed by atoms with E-state index >= 15 is 0 Å². The summed E-state index contributed by atoms with van der Waals surface area (Å²) < 4.78 is 1.95. The van der Waals surface area contributed by atoms with Crippen molar-refractivity contribution in [3.05, 3.63) is 65.9 Å². The number of nitrogens with one attached hydrogen (secondary N) is 2. The van der Waals surface area contributed by atoms with Gasteiger partial charge in [0, 0.05) is 11.2 Å². The van der Waals surface area contributed by atoms with Crippen LogP contribution in [0, 0.1) is 19.3 Å². The lowest BCUT2D eigenvalue weighted by Gasteiger charge is -2.12. The summed E-state index contributed by atoms with van der Waals surface area (Å²) in [5.74, 6) is 1.84. The molecule has 3 aromatic rings. The molecule has 0 spiro atoms. The van der Waals surface area contributed by atoms with Crippen LogP contribution >= 0.6 is 0 Å². The molecule has 0 saturated carbocycles. The normalized spacial score (nSPS) is 10.3. The first-order valence-electron chi connectivity index (χ1n) is 8.25. The van der Waals surface area contributed by atoms with Gasteiger partial charge in [-0.2, -0.15) is 0 Å². The topological polar surface area (TPSA) is 63.1 Å². The number of carbonyl (C=O) groups is 2. The summed E-state index contributed by atoms with van der Waals surface area (Å²) in [5.41, 5.74) is 2.84. The Balaban J connectivity index is 1.79. The lowest BCUT2D eigenvalue weighted by molar-refractivity contribution is -0.116. The van der Waals surface area contributed by atoms with Gasteiger partial charge in [-0.15, -0.1) is 6.42 Å². The number of terminal acetylenes is 1. The maximum absolute atomic E-state index is 12.6. The molecule has 1 heterocycles. The highest BCUT2D eigenvalue weighted by molar-refractivity contribution is 6.04. The van der Waals surface area contributed by atoms with E-state index in [0.717, 1.165) is 16.6 Å². The van der Waals surface area contributed by atoms with Crippen LogP contribution in [0.3, 0.4) is 0 Å². The zero-order valence-electron chi connectivity index (χ0n) is 14.5. The Morgan fingerprint density at radius 2 is 1.85 bits per heavy atom. The van der Waals surface area contributed by atoms with Crippen molar-refractivity contribution in [3.63, 3.8) is 0 Å². The fourth-order valence-corrected chi connectivity index (χ4v) is 2.91. The van der Waals surface area contributed by atoms with E-state index in [1.807, 2.05) is 41.8 Å². The molecule has 0 atom stereocenters. The van der Waals surface area contributed by atoms with Crippen molar-refractivity contribution < 1.29 is 9.59 Å². The Morgan fingerprint density at radius 1 is 1.12 bits per heavy atom. The summed E-state index contributed by atoms with van der Waals surface area (Å²) in [6, 6.07) is 16.8. The molecule has 1 aromatic heterocycles. The van der Waals surface area contributed by atoms with Gasteiger partial charge in [0.15, 0.2) is 0 Å². The monoisotopic (exact) mass is 345 g/mol. The zero-order valence-corrected chi connectivity index (χ0v) is 14.5. The molecule has 0 aliphatic carbocycles. The molecule has 2 aromatic carbocycles. The third kappa shape index (κ3) is 3.60. The van der Waals surface area contributed by atoms with Gasteiger partial charge in [0.1, 0.15) is 6.54 Å². The minimum absolute atomic E-state index is 0.135. The van der Waals surface area contributed by atoms with Crippen molar-refractivity contribution in [1.29, 1.82) is 0 Å². The number of nitrogens with zero attached hydrogens (tertiary/aromatic N) is 1. The van der Waals surface area contributed by atoms with E-state index in [4.69, 9.17) is 6.42 Å². The van der Waals surface area contributed by atoms with E-state index in [-0.39, 0.29) is 24.9 Å². The van der Waals surface area contributed by atoms with Gasteiger partial charge in [-0.25, -0.2) is 0 Å². The van der Waals surface area contributed by atoms with Crippen LogP contribution in [0.25, 0.3) is 10.9 Å². The Bertz CT molecular complexity index is 1010. The lowest BCUT2D eigenvalue weighted by atomic mass is 10.1. The number of fused-ring (bicyclic) bond motifs is 1. The standard InChI is InChI=1S/C21H19N3O2/c1-3-12-22-21(26)17-9-5-6-10-18(17)23-20(25)14-24-15(2)13-16-8-4-7-11-19(16)24/h1,4-11,13H,12,14H2,2H3,(H,22,26)(H,23,25). The van der Waals surface area contributed by atoms with Crippen molar-refractivity contribution in [1.82, 2.24) is 9.88 Å². The largest absolute Gasteiger partial charge is 0.341 e. The van der Waals surface area contributed by atoms with E-state index in [1.54, 1.807) is 24.3 Å². The number of rotatable bonds is 5. The Kier molecular flexibility index (Phi) is 5.04. The molecule has 0 radical (unpaired) electrons. The quantitative estimate of drug-likeness (QED) is 0.699. The van der Waals surface area contributed by atoms with Crippen LogP contribution in [0.4, 0.5) is 5.69 Å². The van der Waals surface area contributed by atoms with Gasteiger partial charge in [-0.1, -0.05) is 36.3 Å². The van der Waals surface area contributed by atoms with Gasteiger partial charge in [-0.3, -0.25) is 9.59 Å². The number of amides is 2. The number of benzene rings is 2. The first kappa shape index (κ1) is 17.3. The van der Waals surface area contributed by atoms with Gasteiger partial charge in [0.2, 0.25) is 5.91 Å². The fourth-order valence-electron chi connectivity index (χ4n) is 2.91. The van der Waals surface area contributed by atoms with Crippen molar-refractivity contribution >= 4 is 28.4 Å². The molecule has 0 fully saturated rings. The minimum atomic E-state index is -0.318. The van der Waals surface area contributed by atoms with Crippen molar-refractivity contribution in [2.75, 3.05) is 11.9 Å². The summed E-state index contributed by atoms with van der Waals surface area (Å²) in [4.78, 5) is 24.8. The number of anilines is 1. The molecular formula is C21H19N3O2. The molecule has 3 rings (SSSR count). The highest BCUT2D eigenvalue weighted by atomic mass is 16.2. The molecule has 5 heteroatoms. The predicted octanol–water partition coefficient (Wildman–Crippen LogP) is 2.95. The second-order valence-electron chi connectivity index (χ2n) is 5.91. The summed E-state index contributed by atoms with van der Waals surface area (Å²) in [5, 5.41) is 6.53. The molecule has 0 saturated heterocycles. The molecule has 2 N–H and O–H groups in total. The van der Waals surface area contributed by atoms with Crippen molar-refractivity contribution in [2.45, 2.75) is 13.5 Å². The third-order valence-electron chi connectivity index (χ3n) is 4.12. The number of aryl methyl sites for hydroxylation is 1. The molecule has 5 nitrogen and oxygen atoms in total. The fraction of sp³-hybridized carbons (Fsp3) is 0.143. The highest BCUT2D eigenvalue weighted by Crippen LogP contribution is 2.20.